The number of rotatable bonds is 4. The maximum atomic E-state index is 11.7. The molecule has 146 valence electrons. The lowest BCUT2D eigenvalue weighted by atomic mass is 10.0. The Balaban J connectivity index is 1.74. The second kappa shape index (κ2) is 8.27. The van der Waals surface area contributed by atoms with Crippen molar-refractivity contribution in [2.24, 2.45) is 4.99 Å². The van der Waals surface area contributed by atoms with E-state index in [-0.39, 0.29) is 0 Å². The standard InChI is InChI=1S/C25H24N2OS/c1-19-13-15-22(16-14-19)26-20(2)17-24-27(23-11-7-4-8-12-23)25(28,18-29-24)21-9-5-3-6-10-21/h3-17,28H,18H2,1-2H3/b24-17+,26-20?/t25-/m0/s1. The van der Waals surface area contributed by atoms with Gasteiger partial charge in [-0.15, -0.1) is 11.8 Å². The van der Waals surface area contributed by atoms with Crippen LogP contribution in [0.15, 0.2) is 101 Å². The Kier molecular flexibility index (Phi) is 5.56. The molecule has 3 aromatic rings. The van der Waals surface area contributed by atoms with E-state index in [4.69, 9.17) is 4.99 Å². The monoisotopic (exact) mass is 400 g/mol. The fourth-order valence-electron chi connectivity index (χ4n) is 3.46. The number of anilines is 1. The first kappa shape index (κ1) is 19.5. The third kappa shape index (κ3) is 4.14. The summed E-state index contributed by atoms with van der Waals surface area (Å²) in [6.45, 7) is 4.07. The van der Waals surface area contributed by atoms with Crippen LogP contribution in [-0.4, -0.2) is 16.6 Å². The first-order valence-electron chi connectivity index (χ1n) is 9.66. The molecule has 29 heavy (non-hydrogen) atoms. The van der Waals surface area contributed by atoms with Crippen LogP contribution in [0.5, 0.6) is 0 Å². The van der Waals surface area contributed by atoms with Crippen molar-refractivity contribution in [1.82, 2.24) is 0 Å². The van der Waals surface area contributed by atoms with Gasteiger partial charge in [-0.1, -0.05) is 66.2 Å². The van der Waals surface area contributed by atoms with E-state index >= 15 is 0 Å². The summed E-state index contributed by atoms with van der Waals surface area (Å²) in [5.74, 6) is 0.551. The van der Waals surface area contributed by atoms with Crippen LogP contribution in [0.4, 0.5) is 11.4 Å². The molecule has 0 saturated carbocycles. The topological polar surface area (TPSA) is 35.8 Å². The number of aliphatic imine (C=N–C) groups is 1. The van der Waals surface area contributed by atoms with Crippen LogP contribution in [0.3, 0.4) is 0 Å². The molecule has 0 aliphatic carbocycles. The maximum absolute atomic E-state index is 11.7. The summed E-state index contributed by atoms with van der Waals surface area (Å²) in [7, 11) is 0. The number of hydrogen-bond donors (Lipinski definition) is 1. The molecule has 0 aromatic heterocycles. The number of thioether (sulfide) groups is 1. The number of hydrogen-bond acceptors (Lipinski definition) is 4. The summed E-state index contributed by atoms with van der Waals surface area (Å²) in [4.78, 5) is 6.75. The Bertz CT molecular complexity index is 1030. The molecule has 0 amide bonds. The lowest BCUT2D eigenvalue weighted by Crippen LogP contribution is -2.42. The van der Waals surface area contributed by atoms with Gasteiger partial charge < -0.3 is 10.0 Å². The highest BCUT2D eigenvalue weighted by Gasteiger charge is 2.44. The number of aliphatic hydroxyl groups is 1. The lowest BCUT2D eigenvalue weighted by molar-refractivity contribution is 0.0721. The molecule has 3 nitrogen and oxygen atoms in total. The molecule has 0 bridgehead atoms. The SMILES string of the molecule is CC(/C=C1/SC[C@](O)(c2ccccc2)N1c1ccccc1)=Nc1ccc(C)cc1. The van der Waals surface area contributed by atoms with Crippen molar-refractivity contribution in [3.63, 3.8) is 0 Å². The average Bonchev–Trinajstić information content (AvgIpc) is 3.08. The summed E-state index contributed by atoms with van der Waals surface area (Å²) in [5, 5.41) is 12.7. The first-order valence-corrected chi connectivity index (χ1v) is 10.6. The van der Waals surface area contributed by atoms with E-state index in [9.17, 15) is 5.11 Å². The molecule has 0 radical (unpaired) electrons. The number of para-hydroxylation sites is 1. The molecule has 1 aliphatic heterocycles. The van der Waals surface area contributed by atoms with Gasteiger partial charge in [-0.2, -0.15) is 0 Å². The zero-order chi connectivity index (χ0) is 20.3. The molecule has 1 saturated heterocycles. The minimum Gasteiger partial charge on any atom is -0.366 e. The van der Waals surface area contributed by atoms with Crippen molar-refractivity contribution in [1.29, 1.82) is 0 Å². The Labute approximate surface area is 176 Å². The molecule has 4 rings (SSSR count). The number of benzene rings is 3. The third-order valence-corrected chi connectivity index (χ3v) is 6.08. The van der Waals surface area contributed by atoms with Gasteiger partial charge >= 0.3 is 0 Å². The van der Waals surface area contributed by atoms with Crippen LogP contribution in [0.25, 0.3) is 0 Å². The van der Waals surface area contributed by atoms with Crippen LogP contribution in [0.2, 0.25) is 0 Å². The average molecular weight is 401 g/mol. The first-order chi connectivity index (χ1) is 14.1. The minimum atomic E-state index is -1.11. The van der Waals surface area contributed by atoms with Crippen LogP contribution < -0.4 is 4.90 Å². The minimum absolute atomic E-state index is 0.551. The van der Waals surface area contributed by atoms with E-state index in [1.807, 2.05) is 84.6 Å². The summed E-state index contributed by atoms with van der Waals surface area (Å²) >= 11 is 1.64. The molecule has 0 unspecified atom stereocenters. The van der Waals surface area contributed by atoms with Crippen molar-refractivity contribution in [3.05, 3.63) is 107 Å². The second-order valence-corrected chi connectivity index (χ2v) is 8.21. The zero-order valence-electron chi connectivity index (χ0n) is 16.6. The van der Waals surface area contributed by atoms with Gasteiger partial charge in [-0.3, -0.25) is 4.99 Å². The number of nitrogens with zero attached hydrogens (tertiary/aromatic N) is 2. The van der Waals surface area contributed by atoms with Gasteiger partial charge in [0.1, 0.15) is 0 Å². The Morgan fingerprint density at radius 1 is 0.966 bits per heavy atom. The van der Waals surface area contributed by atoms with Gasteiger partial charge in [0.2, 0.25) is 0 Å². The highest BCUT2D eigenvalue weighted by atomic mass is 32.2. The van der Waals surface area contributed by atoms with Crippen molar-refractivity contribution in [2.45, 2.75) is 19.6 Å². The molecule has 1 fully saturated rings. The van der Waals surface area contributed by atoms with Crippen LogP contribution >= 0.6 is 11.8 Å². The second-order valence-electron chi connectivity index (χ2n) is 7.21. The van der Waals surface area contributed by atoms with Gasteiger partial charge in [-0.25, -0.2) is 0 Å². The van der Waals surface area contributed by atoms with Crippen LogP contribution in [0, 0.1) is 6.92 Å². The highest BCUT2D eigenvalue weighted by Crippen LogP contribution is 2.47. The van der Waals surface area contributed by atoms with E-state index in [1.165, 1.54) is 5.56 Å². The van der Waals surface area contributed by atoms with E-state index < -0.39 is 5.72 Å². The van der Waals surface area contributed by atoms with E-state index in [0.29, 0.717) is 5.75 Å². The number of allylic oxidation sites excluding steroid dienone is 1. The van der Waals surface area contributed by atoms with Gasteiger partial charge in [0.25, 0.3) is 0 Å². The summed E-state index contributed by atoms with van der Waals surface area (Å²) in [6, 6.07) is 28.1. The molecule has 1 aliphatic rings. The molecule has 3 aromatic carbocycles. The van der Waals surface area contributed by atoms with Gasteiger partial charge in [-0.05, 0) is 44.2 Å². The van der Waals surface area contributed by atoms with Crippen LogP contribution in [0.1, 0.15) is 18.1 Å². The fourth-order valence-corrected chi connectivity index (χ4v) is 4.75. The molecule has 0 spiro atoms. The predicted molar refractivity (Wildman–Crippen MR) is 124 cm³/mol. The van der Waals surface area contributed by atoms with Crippen molar-refractivity contribution < 1.29 is 5.11 Å². The molecular formula is C25H24N2OS. The quantitative estimate of drug-likeness (QED) is 0.543. The zero-order valence-corrected chi connectivity index (χ0v) is 17.4. The smallest absolute Gasteiger partial charge is 0.178 e. The summed E-state index contributed by atoms with van der Waals surface area (Å²) in [5.41, 5.74) is 3.77. The Morgan fingerprint density at radius 2 is 1.59 bits per heavy atom. The molecule has 1 N–H and O–H groups in total. The molecule has 4 heteroatoms. The molecule has 1 heterocycles. The van der Waals surface area contributed by atoms with E-state index in [0.717, 1.165) is 27.7 Å². The van der Waals surface area contributed by atoms with Gasteiger partial charge in [0.15, 0.2) is 5.72 Å². The normalized spacial score (nSPS) is 21.0. The van der Waals surface area contributed by atoms with Gasteiger partial charge in [0.05, 0.1) is 16.5 Å². The van der Waals surface area contributed by atoms with Crippen molar-refractivity contribution in [3.8, 4) is 0 Å². The molecule has 1 atom stereocenters. The van der Waals surface area contributed by atoms with E-state index in [1.54, 1.807) is 11.8 Å². The maximum Gasteiger partial charge on any atom is 0.178 e. The number of aryl methyl sites for hydroxylation is 1. The summed E-state index contributed by atoms with van der Waals surface area (Å²) in [6.07, 6.45) is 2.05. The highest BCUT2D eigenvalue weighted by molar-refractivity contribution is 8.03. The van der Waals surface area contributed by atoms with Crippen molar-refractivity contribution >= 4 is 28.8 Å². The third-order valence-electron chi connectivity index (χ3n) is 4.93. The fraction of sp³-hybridized carbons (Fsp3) is 0.160. The predicted octanol–water partition coefficient (Wildman–Crippen LogP) is 6.03. The largest absolute Gasteiger partial charge is 0.366 e. The van der Waals surface area contributed by atoms with E-state index in [2.05, 4.69) is 25.1 Å². The Hall–Kier alpha value is -2.82. The molecular weight excluding hydrogens is 376 g/mol. The summed E-state index contributed by atoms with van der Waals surface area (Å²) < 4.78 is 0. The Morgan fingerprint density at radius 3 is 2.24 bits per heavy atom. The van der Waals surface area contributed by atoms with Gasteiger partial charge in [0, 0.05) is 17.0 Å². The van der Waals surface area contributed by atoms with Crippen molar-refractivity contribution in [2.75, 3.05) is 10.7 Å². The lowest BCUT2D eigenvalue weighted by Gasteiger charge is -2.35. The van der Waals surface area contributed by atoms with Crippen LogP contribution in [-0.2, 0) is 5.72 Å².